The van der Waals surface area contributed by atoms with Crippen LogP contribution >= 0.6 is 0 Å². The maximum atomic E-state index is 13.2. The molecule has 0 aliphatic heterocycles. The lowest BCUT2D eigenvalue weighted by atomic mass is 9.93. The van der Waals surface area contributed by atoms with Gasteiger partial charge in [-0.1, -0.05) is 0 Å². The maximum Gasteiger partial charge on any atom is 0.262 e. The smallest absolute Gasteiger partial charge is 0.262 e. The molecule has 0 radical (unpaired) electrons. The summed E-state index contributed by atoms with van der Waals surface area (Å²) < 4.78 is 1.73. The molecule has 0 unspecified atom stereocenters. The minimum absolute atomic E-state index is 0.0476. The summed E-state index contributed by atoms with van der Waals surface area (Å²) in [6, 6.07) is 8.00. The number of hydrogen-bond acceptors (Lipinski definition) is 6. The number of hydrogen-bond donors (Lipinski definition) is 3. The fourth-order valence-electron chi connectivity index (χ4n) is 4.00. The molecule has 7 heteroatoms. The Hall–Kier alpha value is -2.93. The van der Waals surface area contributed by atoms with Gasteiger partial charge in [-0.25, -0.2) is 9.97 Å². The first kappa shape index (κ1) is 20.3. The van der Waals surface area contributed by atoms with Crippen molar-refractivity contribution in [3.05, 3.63) is 52.6 Å². The lowest BCUT2D eigenvalue weighted by Gasteiger charge is -2.27. The zero-order chi connectivity index (χ0) is 21.3. The van der Waals surface area contributed by atoms with Crippen molar-refractivity contribution in [3.63, 3.8) is 0 Å². The largest absolute Gasteiger partial charge is 0.393 e. The van der Waals surface area contributed by atoms with Crippen LogP contribution < -0.4 is 16.2 Å². The van der Waals surface area contributed by atoms with E-state index < -0.39 is 0 Å². The van der Waals surface area contributed by atoms with Crippen LogP contribution in [-0.2, 0) is 0 Å². The van der Waals surface area contributed by atoms with E-state index in [1.165, 1.54) is 0 Å². The van der Waals surface area contributed by atoms with Gasteiger partial charge < -0.3 is 20.3 Å². The van der Waals surface area contributed by atoms with Crippen LogP contribution in [0.1, 0.15) is 51.1 Å². The molecule has 0 aromatic carbocycles. The molecular weight excluding hydrogens is 378 g/mol. The van der Waals surface area contributed by atoms with Crippen molar-refractivity contribution < 1.29 is 5.11 Å². The van der Waals surface area contributed by atoms with E-state index in [0.717, 1.165) is 36.6 Å². The maximum absolute atomic E-state index is 13.2. The second kappa shape index (κ2) is 8.44. The molecule has 0 amide bonds. The van der Waals surface area contributed by atoms with E-state index in [1.54, 1.807) is 10.8 Å². The van der Waals surface area contributed by atoms with Gasteiger partial charge >= 0.3 is 0 Å². The van der Waals surface area contributed by atoms with Gasteiger partial charge in [0.1, 0.15) is 17.5 Å². The normalized spacial score (nSPS) is 19.2. The molecule has 1 saturated carbocycles. The van der Waals surface area contributed by atoms with Crippen LogP contribution in [0.15, 0.2) is 41.5 Å². The Bertz CT molecular complexity index is 1100. The number of fused-ring (bicyclic) bond motifs is 1. The van der Waals surface area contributed by atoms with Crippen LogP contribution in [0, 0.1) is 6.92 Å². The summed E-state index contributed by atoms with van der Waals surface area (Å²) in [4.78, 5) is 22.3. The van der Waals surface area contributed by atoms with Crippen molar-refractivity contribution >= 4 is 28.2 Å². The Morgan fingerprint density at radius 2 is 1.90 bits per heavy atom. The van der Waals surface area contributed by atoms with Crippen molar-refractivity contribution in [2.24, 2.45) is 0 Å². The van der Waals surface area contributed by atoms with Crippen LogP contribution in [0.4, 0.5) is 17.5 Å². The predicted molar refractivity (Wildman–Crippen MR) is 121 cm³/mol. The summed E-state index contributed by atoms with van der Waals surface area (Å²) in [7, 11) is 0. The third-order valence-electron chi connectivity index (χ3n) is 5.68. The van der Waals surface area contributed by atoms with Crippen LogP contribution in [0.5, 0.6) is 0 Å². The molecule has 158 valence electrons. The fraction of sp³-hybridized carbons (Fsp3) is 0.435. The van der Waals surface area contributed by atoms with Crippen LogP contribution in [0.25, 0.3) is 10.8 Å². The first-order valence-corrected chi connectivity index (χ1v) is 10.6. The quantitative estimate of drug-likeness (QED) is 0.589. The van der Waals surface area contributed by atoms with Gasteiger partial charge in [0.25, 0.3) is 5.56 Å². The van der Waals surface area contributed by atoms with Gasteiger partial charge in [0.15, 0.2) is 0 Å². The predicted octanol–water partition coefficient (Wildman–Crippen LogP) is 4.14. The van der Waals surface area contributed by atoms with E-state index in [1.807, 2.05) is 51.2 Å². The highest BCUT2D eigenvalue weighted by Gasteiger charge is 2.22. The van der Waals surface area contributed by atoms with E-state index in [9.17, 15) is 9.90 Å². The second-order valence-corrected chi connectivity index (χ2v) is 8.44. The third kappa shape index (κ3) is 4.31. The highest BCUT2D eigenvalue weighted by molar-refractivity contribution is 5.93. The SMILES string of the molecule is Cc1ccnc(Nc2cc3ccn(C(C)C)c(=O)c3c(NC3CCC(O)CC3)n2)c1. The number of nitrogens with zero attached hydrogens (tertiary/aromatic N) is 3. The van der Waals surface area contributed by atoms with Gasteiger partial charge in [0.2, 0.25) is 0 Å². The molecular formula is C23H29N5O2. The van der Waals surface area contributed by atoms with Crippen molar-refractivity contribution in [1.82, 2.24) is 14.5 Å². The molecule has 7 nitrogen and oxygen atoms in total. The molecule has 3 heterocycles. The number of nitrogens with one attached hydrogen (secondary N) is 2. The van der Waals surface area contributed by atoms with Gasteiger partial charge in [-0.3, -0.25) is 4.79 Å². The topological polar surface area (TPSA) is 92.1 Å². The number of aryl methyl sites for hydroxylation is 1. The van der Waals surface area contributed by atoms with Gasteiger partial charge in [0, 0.05) is 24.5 Å². The lowest BCUT2D eigenvalue weighted by Crippen LogP contribution is -2.30. The molecule has 3 aromatic rings. The Kier molecular flexibility index (Phi) is 5.72. The molecule has 1 fully saturated rings. The Labute approximate surface area is 176 Å². The van der Waals surface area contributed by atoms with E-state index in [0.29, 0.717) is 22.8 Å². The summed E-state index contributed by atoms with van der Waals surface area (Å²) in [5.74, 6) is 1.94. The number of anilines is 3. The molecule has 0 bridgehead atoms. The zero-order valence-electron chi connectivity index (χ0n) is 17.7. The first-order chi connectivity index (χ1) is 14.4. The Morgan fingerprint density at radius 1 is 1.13 bits per heavy atom. The number of aliphatic hydroxyl groups excluding tert-OH is 1. The molecule has 1 aliphatic rings. The number of aromatic nitrogens is 3. The fourth-order valence-corrected chi connectivity index (χ4v) is 4.00. The molecule has 3 aromatic heterocycles. The first-order valence-electron chi connectivity index (χ1n) is 10.6. The summed E-state index contributed by atoms with van der Waals surface area (Å²) in [5.41, 5.74) is 1.06. The summed E-state index contributed by atoms with van der Waals surface area (Å²) in [5, 5.41) is 18.0. The molecule has 0 saturated heterocycles. The highest BCUT2D eigenvalue weighted by atomic mass is 16.3. The molecule has 3 N–H and O–H groups in total. The minimum atomic E-state index is -0.230. The molecule has 0 spiro atoms. The van der Waals surface area contributed by atoms with Gasteiger partial charge in [-0.05, 0) is 81.7 Å². The van der Waals surface area contributed by atoms with Crippen molar-refractivity contribution in [2.45, 2.75) is 64.6 Å². The summed E-state index contributed by atoms with van der Waals surface area (Å²) in [6.45, 7) is 6.00. The van der Waals surface area contributed by atoms with Crippen molar-refractivity contribution in [2.75, 3.05) is 10.6 Å². The van der Waals surface area contributed by atoms with Gasteiger partial charge in [-0.15, -0.1) is 0 Å². The van der Waals surface area contributed by atoms with Crippen LogP contribution in [-0.4, -0.2) is 31.8 Å². The molecule has 4 rings (SSSR count). The molecule has 30 heavy (non-hydrogen) atoms. The molecule has 1 aliphatic carbocycles. The van der Waals surface area contributed by atoms with E-state index in [4.69, 9.17) is 4.98 Å². The number of rotatable bonds is 5. The lowest BCUT2D eigenvalue weighted by molar-refractivity contribution is 0.126. The zero-order valence-corrected chi connectivity index (χ0v) is 17.7. The van der Waals surface area contributed by atoms with Crippen molar-refractivity contribution in [1.29, 1.82) is 0 Å². The standard InChI is InChI=1S/C23H29N5O2/c1-14(2)28-11-9-16-13-20(26-19-12-15(3)8-10-24-19)27-22(21(16)23(28)30)25-17-4-6-18(29)7-5-17/h8-14,17-18,29H,4-7H2,1-3H3,(H2,24,25,26,27). The summed E-state index contributed by atoms with van der Waals surface area (Å²) >= 11 is 0. The Balaban J connectivity index is 1.77. The minimum Gasteiger partial charge on any atom is -0.393 e. The van der Waals surface area contributed by atoms with Gasteiger partial charge in [0.05, 0.1) is 11.5 Å². The molecule has 0 atom stereocenters. The van der Waals surface area contributed by atoms with E-state index in [-0.39, 0.29) is 23.7 Å². The number of pyridine rings is 3. The average molecular weight is 408 g/mol. The highest BCUT2D eigenvalue weighted by Crippen LogP contribution is 2.28. The average Bonchev–Trinajstić information content (AvgIpc) is 2.69. The van der Waals surface area contributed by atoms with E-state index in [2.05, 4.69) is 15.6 Å². The monoisotopic (exact) mass is 407 g/mol. The van der Waals surface area contributed by atoms with Gasteiger partial charge in [-0.2, -0.15) is 0 Å². The van der Waals surface area contributed by atoms with Crippen LogP contribution in [0.3, 0.4) is 0 Å². The van der Waals surface area contributed by atoms with Crippen molar-refractivity contribution in [3.8, 4) is 0 Å². The van der Waals surface area contributed by atoms with Crippen LogP contribution in [0.2, 0.25) is 0 Å². The Morgan fingerprint density at radius 3 is 2.60 bits per heavy atom. The number of aliphatic hydroxyl groups is 1. The summed E-state index contributed by atoms with van der Waals surface area (Å²) in [6.07, 6.45) is 6.59. The van der Waals surface area contributed by atoms with E-state index >= 15 is 0 Å². The third-order valence-corrected chi connectivity index (χ3v) is 5.68. The second-order valence-electron chi connectivity index (χ2n) is 8.44.